The summed E-state index contributed by atoms with van der Waals surface area (Å²) in [5.74, 6) is -0.276. The summed E-state index contributed by atoms with van der Waals surface area (Å²) in [5, 5.41) is 11.2. The first-order chi connectivity index (χ1) is 16.2. The zero-order valence-corrected chi connectivity index (χ0v) is 20.3. The fourth-order valence-electron chi connectivity index (χ4n) is 4.55. The zero-order valence-electron chi connectivity index (χ0n) is 20.3. The molecule has 1 aliphatic heterocycles. The quantitative estimate of drug-likeness (QED) is 0.435. The molecule has 3 aromatic carbocycles. The molecule has 3 aromatic rings. The van der Waals surface area contributed by atoms with Crippen molar-refractivity contribution in [3.63, 3.8) is 0 Å². The summed E-state index contributed by atoms with van der Waals surface area (Å²) in [6.07, 6.45) is 0.337. The highest BCUT2D eigenvalue weighted by atomic mass is 16.5. The van der Waals surface area contributed by atoms with Crippen LogP contribution in [-0.2, 0) is 11.3 Å². The molecule has 0 aromatic heterocycles. The third-order valence-corrected chi connectivity index (χ3v) is 6.02. The lowest BCUT2D eigenvalue weighted by Crippen LogP contribution is -2.23. The van der Waals surface area contributed by atoms with E-state index >= 15 is 0 Å². The van der Waals surface area contributed by atoms with E-state index in [9.17, 15) is 14.7 Å². The molecule has 0 bridgehead atoms. The highest BCUT2D eigenvalue weighted by Crippen LogP contribution is 2.46. The van der Waals surface area contributed by atoms with E-state index in [4.69, 9.17) is 9.47 Å². The Bertz CT molecular complexity index is 1230. The van der Waals surface area contributed by atoms with Gasteiger partial charge in [-0.05, 0) is 51.8 Å². The fourth-order valence-corrected chi connectivity index (χ4v) is 4.55. The lowest BCUT2D eigenvalue weighted by atomic mass is 9.96. The number of carboxylic acids is 1. The van der Waals surface area contributed by atoms with Gasteiger partial charge < -0.3 is 19.5 Å². The van der Waals surface area contributed by atoms with Crippen LogP contribution in [0.25, 0.3) is 10.8 Å². The van der Waals surface area contributed by atoms with E-state index in [1.807, 2.05) is 71.0 Å². The van der Waals surface area contributed by atoms with Crippen molar-refractivity contribution in [2.24, 2.45) is 0 Å². The number of hydrogen-bond acceptors (Lipinski definition) is 4. The number of benzene rings is 3. The molecule has 34 heavy (non-hydrogen) atoms. The predicted octanol–water partition coefficient (Wildman–Crippen LogP) is 6.15. The third kappa shape index (κ3) is 4.20. The van der Waals surface area contributed by atoms with Gasteiger partial charge in [0, 0.05) is 22.0 Å². The van der Waals surface area contributed by atoms with E-state index in [1.54, 1.807) is 17.0 Å². The van der Waals surface area contributed by atoms with Gasteiger partial charge in [0.1, 0.15) is 11.5 Å². The number of amides is 1. The summed E-state index contributed by atoms with van der Waals surface area (Å²) >= 11 is 0. The number of carboxylic acid groups (broad SMARTS) is 1. The largest absolute Gasteiger partial charge is 0.490 e. The number of anilines is 1. The number of hydrogen-bond donors (Lipinski definition) is 1. The van der Waals surface area contributed by atoms with Crippen LogP contribution in [0.15, 0.2) is 48.5 Å². The minimum atomic E-state index is -0.849. The van der Waals surface area contributed by atoms with Crippen LogP contribution in [-0.4, -0.2) is 29.2 Å². The summed E-state index contributed by atoms with van der Waals surface area (Å²) in [5.41, 5.74) is 2.78. The highest BCUT2D eigenvalue weighted by molar-refractivity contribution is 6.16. The Kier molecular flexibility index (Phi) is 6.51. The number of fused-ring (bicyclic) bond motifs is 2. The smallest absolute Gasteiger partial charge is 0.310 e. The van der Waals surface area contributed by atoms with Crippen molar-refractivity contribution < 1.29 is 24.2 Å². The highest BCUT2D eigenvalue weighted by Gasteiger charge is 2.37. The molecule has 0 aliphatic carbocycles. The van der Waals surface area contributed by atoms with Crippen LogP contribution in [0.1, 0.15) is 68.4 Å². The van der Waals surface area contributed by atoms with Crippen LogP contribution < -0.4 is 14.4 Å². The van der Waals surface area contributed by atoms with Crippen LogP contribution in [0.4, 0.5) is 5.69 Å². The molecule has 4 rings (SSSR count). The second-order valence-corrected chi connectivity index (χ2v) is 9.17. The molecule has 178 valence electrons. The van der Waals surface area contributed by atoms with Crippen molar-refractivity contribution in [1.29, 1.82) is 0 Å². The number of carbonyl (C=O) groups is 2. The Morgan fingerprint density at radius 1 is 0.941 bits per heavy atom. The Balaban J connectivity index is 1.84. The van der Waals surface area contributed by atoms with Crippen LogP contribution in [0, 0.1) is 0 Å². The summed E-state index contributed by atoms with van der Waals surface area (Å²) in [6, 6.07) is 15.1. The normalized spacial score (nSPS) is 14.1. The minimum absolute atomic E-state index is 0.0604. The number of ether oxygens (including phenoxy) is 2. The van der Waals surface area contributed by atoms with Crippen LogP contribution in [0.2, 0.25) is 0 Å². The Morgan fingerprint density at radius 2 is 1.50 bits per heavy atom. The van der Waals surface area contributed by atoms with E-state index in [0.29, 0.717) is 35.7 Å². The second kappa shape index (κ2) is 9.37. The van der Waals surface area contributed by atoms with E-state index in [1.165, 1.54) is 0 Å². The average Bonchev–Trinajstić information content (AvgIpc) is 3.13. The number of aliphatic carboxylic acids is 1. The topological polar surface area (TPSA) is 76.1 Å². The minimum Gasteiger partial charge on any atom is -0.490 e. The molecular formula is C28H31NO5. The maximum absolute atomic E-state index is 13.8. The van der Waals surface area contributed by atoms with Crippen LogP contribution in [0.5, 0.6) is 11.5 Å². The second-order valence-electron chi connectivity index (χ2n) is 9.17. The summed E-state index contributed by atoms with van der Waals surface area (Å²) in [7, 11) is 0. The third-order valence-electron chi connectivity index (χ3n) is 6.02. The average molecular weight is 462 g/mol. The molecule has 1 heterocycles. The maximum atomic E-state index is 13.8. The number of rotatable bonds is 8. The summed E-state index contributed by atoms with van der Waals surface area (Å²) < 4.78 is 12.5. The first kappa shape index (κ1) is 23.6. The van der Waals surface area contributed by atoms with Crippen LogP contribution >= 0.6 is 0 Å². The van der Waals surface area contributed by atoms with Crippen molar-refractivity contribution in [1.82, 2.24) is 0 Å². The lowest BCUT2D eigenvalue weighted by Gasteiger charge is -2.20. The van der Waals surface area contributed by atoms with Gasteiger partial charge in [-0.3, -0.25) is 9.59 Å². The maximum Gasteiger partial charge on any atom is 0.310 e. The van der Waals surface area contributed by atoms with E-state index in [2.05, 4.69) is 0 Å². The van der Waals surface area contributed by atoms with Gasteiger partial charge in [0.05, 0.1) is 30.2 Å². The number of carbonyl (C=O) groups excluding carboxylic acids is 1. The van der Waals surface area contributed by atoms with Gasteiger partial charge in [-0.1, -0.05) is 43.3 Å². The monoisotopic (exact) mass is 461 g/mol. The molecule has 0 radical (unpaired) electrons. The molecule has 0 fully saturated rings. The van der Waals surface area contributed by atoms with Crippen molar-refractivity contribution in [3.05, 3.63) is 65.2 Å². The molecule has 1 atom stereocenters. The zero-order chi connectivity index (χ0) is 24.6. The predicted molar refractivity (Wildman–Crippen MR) is 133 cm³/mol. The van der Waals surface area contributed by atoms with Gasteiger partial charge in [0.2, 0.25) is 0 Å². The van der Waals surface area contributed by atoms with Gasteiger partial charge in [0.15, 0.2) is 0 Å². The molecule has 1 unspecified atom stereocenters. The first-order valence-corrected chi connectivity index (χ1v) is 11.8. The van der Waals surface area contributed by atoms with Crippen molar-refractivity contribution in [2.45, 2.75) is 65.7 Å². The Hall–Kier alpha value is -3.54. The van der Waals surface area contributed by atoms with E-state index in [0.717, 1.165) is 21.9 Å². The summed E-state index contributed by atoms with van der Waals surface area (Å²) in [6.45, 7) is 10.0. The van der Waals surface area contributed by atoms with Gasteiger partial charge in [-0.25, -0.2) is 0 Å². The van der Waals surface area contributed by atoms with Gasteiger partial charge in [0.25, 0.3) is 5.91 Å². The summed E-state index contributed by atoms with van der Waals surface area (Å²) in [4.78, 5) is 27.0. The van der Waals surface area contributed by atoms with Gasteiger partial charge in [-0.2, -0.15) is 0 Å². The SMILES string of the molecule is CCC(C(=O)O)c1ccc(N2Cc3c(c(OC(C)C)c4ccccc4c3OC(C)C)C2=O)cc1. The standard InChI is InChI=1S/C28H31NO5/c1-6-20(28(31)32)18-11-13-19(14-12-18)29-15-23-24(27(29)30)26(34-17(4)5)22-10-8-7-9-21(22)25(23)33-16(2)3/h7-14,16-17,20H,6,15H2,1-5H3,(H,31,32). The molecule has 0 saturated heterocycles. The van der Waals surface area contributed by atoms with Gasteiger partial charge in [-0.15, -0.1) is 0 Å². The van der Waals surface area contributed by atoms with Crippen molar-refractivity contribution >= 4 is 28.3 Å². The molecule has 6 heteroatoms. The van der Waals surface area contributed by atoms with E-state index < -0.39 is 11.9 Å². The molecule has 1 N–H and O–H groups in total. The molecule has 0 saturated carbocycles. The molecule has 0 spiro atoms. The molecule has 1 amide bonds. The first-order valence-electron chi connectivity index (χ1n) is 11.8. The Morgan fingerprint density at radius 3 is 2.03 bits per heavy atom. The lowest BCUT2D eigenvalue weighted by molar-refractivity contribution is -0.138. The van der Waals surface area contributed by atoms with Crippen LogP contribution in [0.3, 0.4) is 0 Å². The molecule has 1 aliphatic rings. The number of nitrogens with zero attached hydrogens (tertiary/aromatic N) is 1. The molecule has 6 nitrogen and oxygen atoms in total. The fraction of sp³-hybridized carbons (Fsp3) is 0.357. The van der Waals surface area contributed by atoms with E-state index in [-0.39, 0.29) is 18.1 Å². The van der Waals surface area contributed by atoms with Crippen molar-refractivity contribution in [2.75, 3.05) is 4.90 Å². The molecular weight excluding hydrogens is 430 g/mol. The Labute approximate surface area is 200 Å². The van der Waals surface area contributed by atoms with Crippen molar-refractivity contribution in [3.8, 4) is 11.5 Å². The van der Waals surface area contributed by atoms with Gasteiger partial charge >= 0.3 is 5.97 Å².